The van der Waals surface area contributed by atoms with Gasteiger partial charge in [0.2, 0.25) is 11.7 Å². The van der Waals surface area contributed by atoms with Gasteiger partial charge in [-0.15, -0.1) is 0 Å². The van der Waals surface area contributed by atoms with Gasteiger partial charge in [0, 0.05) is 17.2 Å². The molecule has 1 aromatic heterocycles. The number of hydrogen-bond donors (Lipinski definition) is 2. The van der Waals surface area contributed by atoms with Gasteiger partial charge >= 0.3 is 5.69 Å². The van der Waals surface area contributed by atoms with Crippen LogP contribution in [0.2, 0.25) is 0 Å². The van der Waals surface area contributed by atoms with E-state index in [1.807, 2.05) is 19.1 Å². The normalized spacial score (nSPS) is 10.5. The second-order valence-electron chi connectivity index (χ2n) is 5.24. The van der Waals surface area contributed by atoms with Crippen molar-refractivity contribution in [3.63, 3.8) is 0 Å². The molecule has 1 amide bonds. The zero-order chi connectivity index (χ0) is 17.9. The summed E-state index contributed by atoms with van der Waals surface area (Å²) in [6.07, 6.45) is 0.441. The first-order valence-electron chi connectivity index (χ1n) is 7.33. The first kappa shape index (κ1) is 17.9. The molecule has 24 heavy (non-hydrogen) atoms. The molecule has 0 fully saturated rings. The molecule has 0 aliphatic rings. The Hall–Kier alpha value is -2.42. The second kappa shape index (κ2) is 7.43. The third-order valence-electron chi connectivity index (χ3n) is 3.49. The van der Waals surface area contributed by atoms with Gasteiger partial charge in [0.05, 0.1) is 11.5 Å². The highest BCUT2D eigenvalue weighted by Gasteiger charge is 2.25. The van der Waals surface area contributed by atoms with Gasteiger partial charge in [-0.1, -0.05) is 22.9 Å². The van der Waals surface area contributed by atoms with E-state index < -0.39 is 4.92 Å². The molecule has 1 aromatic carbocycles. The zero-order valence-electron chi connectivity index (χ0n) is 13.6. The standard InChI is InChI=1S/C15H18BrN5O3/c1-4-11-14(21(23)24)15(20(3)19-11)17-8-13(22)18-12-6-5-10(16)7-9(12)2/h5-7,17H,4,8H2,1-3H3,(H,18,22). The lowest BCUT2D eigenvalue weighted by Crippen LogP contribution is -2.23. The Labute approximate surface area is 147 Å². The third kappa shape index (κ3) is 3.91. The Balaban J connectivity index is 2.09. The van der Waals surface area contributed by atoms with E-state index in [0.29, 0.717) is 17.8 Å². The molecule has 9 heteroatoms. The fourth-order valence-electron chi connectivity index (χ4n) is 2.32. The minimum absolute atomic E-state index is 0.0902. The quantitative estimate of drug-likeness (QED) is 0.577. The summed E-state index contributed by atoms with van der Waals surface area (Å²) in [5, 5.41) is 20.9. The smallest absolute Gasteiger partial charge is 0.333 e. The predicted molar refractivity (Wildman–Crippen MR) is 95.2 cm³/mol. The molecule has 8 nitrogen and oxygen atoms in total. The van der Waals surface area contributed by atoms with Gasteiger partial charge in [-0.3, -0.25) is 14.9 Å². The fraction of sp³-hybridized carbons (Fsp3) is 0.333. The van der Waals surface area contributed by atoms with E-state index >= 15 is 0 Å². The molecule has 0 spiro atoms. The van der Waals surface area contributed by atoms with Crippen LogP contribution in [-0.4, -0.2) is 27.2 Å². The molecule has 0 aliphatic heterocycles. The van der Waals surface area contributed by atoms with Crippen LogP contribution < -0.4 is 10.6 Å². The lowest BCUT2D eigenvalue weighted by atomic mass is 10.2. The highest BCUT2D eigenvalue weighted by molar-refractivity contribution is 9.10. The van der Waals surface area contributed by atoms with Crippen LogP contribution in [-0.2, 0) is 18.3 Å². The fourth-order valence-corrected chi connectivity index (χ4v) is 2.80. The molecule has 1 heterocycles. The predicted octanol–water partition coefficient (Wildman–Crippen LogP) is 3.01. The number of hydrogen-bond acceptors (Lipinski definition) is 5. The number of anilines is 2. The molecular weight excluding hydrogens is 378 g/mol. The van der Waals surface area contributed by atoms with Gasteiger partial charge in [0.1, 0.15) is 5.69 Å². The van der Waals surface area contributed by atoms with Crippen LogP contribution in [0.4, 0.5) is 17.2 Å². The van der Waals surface area contributed by atoms with Crippen molar-refractivity contribution < 1.29 is 9.72 Å². The Morgan fingerprint density at radius 2 is 2.17 bits per heavy atom. The van der Waals surface area contributed by atoms with Crippen LogP contribution >= 0.6 is 15.9 Å². The molecule has 0 radical (unpaired) electrons. The van der Waals surface area contributed by atoms with Crippen molar-refractivity contribution in [2.45, 2.75) is 20.3 Å². The summed E-state index contributed by atoms with van der Waals surface area (Å²) in [6, 6.07) is 5.51. The second-order valence-corrected chi connectivity index (χ2v) is 6.15. The van der Waals surface area contributed by atoms with Crippen LogP contribution in [0.25, 0.3) is 0 Å². The number of benzene rings is 1. The summed E-state index contributed by atoms with van der Waals surface area (Å²) in [5.41, 5.74) is 1.90. The van der Waals surface area contributed by atoms with Gasteiger partial charge in [-0.05, 0) is 37.1 Å². The minimum atomic E-state index is -0.481. The number of carbonyl (C=O) groups excluding carboxylic acids is 1. The summed E-state index contributed by atoms with van der Waals surface area (Å²) in [4.78, 5) is 22.9. The van der Waals surface area contributed by atoms with Gasteiger partial charge in [0.15, 0.2) is 0 Å². The molecule has 0 saturated heterocycles. The van der Waals surface area contributed by atoms with E-state index in [4.69, 9.17) is 0 Å². The largest absolute Gasteiger partial charge is 0.355 e. The maximum Gasteiger partial charge on any atom is 0.333 e. The number of carbonyl (C=O) groups is 1. The van der Waals surface area contributed by atoms with E-state index in [-0.39, 0.29) is 24.0 Å². The number of aromatic nitrogens is 2. The number of nitro groups is 1. The number of amides is 1. The van der Waals surface area contributed by atoms with Crippen molar-refractivity contribution in [2.24, 2.45) is 7.05 Å². The van der Waals surface area contributed by atoms with Crippen molar-refractivity contribution in [3.05, 3.63) is 44.0 Å². The first-order chi connectivity index (χ1) is 11.3. The molecule has 0 saturated carbocycles. The minimum Gasteiger partial charge on any atom is -0.355 e. The van der Waals surface area contributed by atoms with Crippen molar-refractivity contribution >= 4 is 39.0 Å². The molecule has 0 bridgehead atoms. The van der Waals surface area contributed by atoms with Gasteiger partial charge in [0.25, 0.3) is 0 Å². The molecule has 0 aliphatic carbocycles. The number of nitrogens with zero attached hydrogens (tertiary/aromatic N) is 3. The van der Waals surface area contributed by atoms with Crippen molar-refractivity contribution in [3.8, 4) is 0 Å². The molecule has 2 aromatic rings. The van der Waals surface area contributed by atoms with E-state index in [9.17, 15) is 14.9 Å². The van der Waals surface area contributed by atoms with Crippen LogP contribution in [0.1, 0.15) is 18.2 Å². The molecule has 2 rings (SSSR count). The van der Waals surface area contributed by atoms with E-state index in [2.05, 4.69) is 31.7 Å². The Bertz CT molecular complexity index is 788. The Morgan fingerprint density at radius 3 is 2.75 bits per heavy atom. The van der Waals surface area contributed by atoms with Crippen molar-refractivity contribution in [2.75, 3.05) is 17.2 Å². The maximum atomic E-state index is 12.1. The van der Waals surface area contributed by atoms with E-state index in [0.717, 1.165) is 10.0 Å². The van der Waals surface area contributed by atoms with Crippen LogP contribution in [0.5, 0.6) is 0 Å². The molecular formula is C15H18BrN5O3. The molecule has 0 unspecified atom stereocenters. The van der Waals surface area contributed by atoms with Crippen LogP contribution in [0.15, 0.2) is 22.7 Å². The number of nitrogens with one attached hydrogen (secondary N) is 2. The van der Waals surface area contributed by atoms with Crippen LogP contribution in [0.3, 0.4) is 0 Å². The van der Waals surface area contributed by atoms with Gasteiger partial charge < -0.3 is 10.6 Å². The highest BCUT2D eigenvalue weighted by Crippen LogP contribution is 2.28. The summed E-state index contributed by atoms with van der Waals surface area (Å²) >= 11 is 3.36. The Morgan fingerprint density at radius 1 is 1.46 bits per heavy atom. The molecule has 0 atom stereocenters. The van der Waals surface area contributed by atoms with Gasteiger partial charge in [-0.2, -0.15) is 5.10 Å². The Kier molecular flexibility index (Phi) is 5.55. The third-order valence-corrected chi connectivity index (χ3v) is 3.98. The maximum absolute atomic E-state index is 12.1. The number of aryl methyl sites for hydroxylation is 3. The average molecular weight is 396 g/mol. The van der Waals surface area contributed by atoms with Gasteiger partial charge in [-0.25, -0.2) is 4.68 Å². The first-order valence-corrected chi connectivity index (χ1v) is 8.13. The van der Waals surface area contributed by atoms with Crippen molar-refractivity contribution in [1.29, 1.82) is 0 Å². The molecule has 128 valence electrons. The zero-order valence-corrected chi connectivity index (χ0v) is 15.2. The van der Waals surface area contributed by atoms with E-state index in [1.54, 1.807) is 20.0 Å². The van der Waals surface area contributed by atoms with Crippen LogP contribution in [0, 0.1) is 17.0 Å². The van der Waals surface area contributed by atoms with E-state index in [1.165, 1.54) is 4.68 Å². The number of rotatable bonds is 6. The summed E-state index contributed by atoms with van der Waals surface area (Å²) in [5.74, 6) is -0.0755. The SMILES string of the molecule is CCc1nn(C)c(NCC(=O)Nc2ccc(Br)cc2C)c1[N+](=O)[O-]. The monoisotopic (exact) mass is 395 g/mol. The average Bonchev–Trinajstić information content (AvgIpc) is 2.84. The topological polar surface area (TPSA) is 102 Å². The summed E-state index contributed by atoms with van der Waals surface area (Å²) in [7, 11) is 1.60. The van der Waals surface area contributed by atoms with Crippen molar-refractivity contribution in [1.82, 2.24) is 9.78 Å². The highest BCUT2D eigenvalue weighted by atomic mass is 79.9. The molecule has 2 N–H and O–H groups in total. The summed E-state index contributed by atoms with van der Waals surface area (Å²) < 4.78 is 2.31. The lowest BCUT2D eigenvalue weighted by Gasteiger charge is -2.10. The number of halogens is 1. The summed E-state index contributed by atoms with van der Waals surface area (Å²) in [6.45, 7) is 3.58. The lowest BCUT2D eigenvalue weighted by molar-refractivity contribution is -0.384.